The van der Waals surface area contributed by atoms with Crippen LogP contribution in [0.1, 0.15) is 119 Å². The van der Waals surface area contributed by atoms with Gasteiger partial charge in [-0.15, -0.1) is 0 Å². The maximum absolute atomic E-state index is 6.75. The maximum atomic E-state index is 6.75. The van der Waals surface area contributed by atoms with E-state index in [9.17, 15) is 0 Å². The molecule has 1 aliphatic heterocycles. The summed E-state index contributed by atoms with van der Waals surface area (Å²) in [6, 6.07) is 0. The molecule has 6 aliphatic rings. The van der Waals surface area contributed by atoms with Gasteiger partial charge in [0.15, 0.2) is 0 Å². The molecule has 0 aromatic heterocycles. The minimum atomic E-state index is 0.514. The monoisotopic (exact) mass is 412 g/mol. The molecular weight excluding hydrogens is 364 g/mol. The zero-order valence-corrected chi connectivity index (χ0v) is 20.9. The quantitative estimate of drug-likeness (QED) is 0.446. The van der Waals surface area contributed by atoms with E-state index in [2.05, 4.69) is 41.5 Å². The fraction of sp³-hybridized carbons (Fsp3) is 1.00. The molecule has 2 spiro atoms. The first-order valence-corrected chi connectivity index (χ1v) is 13.8. The summed E-state index contributed by atoms with van der Waals surface area (Å²) in [5.74, 6) is 3.52. The molecule has 0 aromatic rings. The van der Waals surface area contributed by atoms with Gasteiger partial charge in [0.25, 0.3) is 0 Å². The zero-order valence-electron chi connectivity index (χ0n) is 20.9. The Morgan fingerprint density at radius 1 is 0.700 bits per heavy atom. The number of hydrogen-bond acceptors (Lipinski definition) is 1. The summed E-state index contributed by atoms with van der Waals surface area (Å²) < 4.78 is 6.75. The van der Waals surface area contributed by atoms with Crippen molar-refractivity contribution in [2.24, 2.45) is 50.7 Å². The summed E-state index contributed by atoms with van der Waals surface area (Å²) in [7, 11) is 0. The maximum Gasteiger partial charge on any atom is 0.0613 e. The minimum absolute atomic E-state index is 0.514. The molecule has 6 rings (SSSR count). The van der Waals surface area contributed by atoms with Gasteiger partial charge in [-0.2, -0.15) is 0 Å². The number of rotatable bonds is 2. The molecule has 1 heteroatoms. The summed E-state index contributed by atoms with van der Waals surface area (Å²) in [5.41, 5.74) is 3.14. The third kappa shape index (κ3) is 2.25. The first kappa shape index (κ1) is 20.6. The highest BCUT2D eigenvalue weighted by Crippen LogP contribution is 2.89. The number of ether oxygens (including phenoxy) is 1. The Morgan fingerprint density at radius 2 is 1.43 bits per heavy atom. The molecule has 0 radical (unpaired) electrons. The number of hydrogen-bond donors (Lipinski definition) is 0. The Balaban J connectivity index is 1.30. The lowest BCUT2D eigenvalue weighted by Gasteiger charge is -2.63. The summed E-state index contributed by atoms with van der Waals surface area (Å²) in [6.45, 7) is 15.5. The minimum Gasteiger partial charge on any atom is -0.374 e. The van der Waals surface area contributed by atoms with Crippen molar-refractivity contribution in [2.45, 2.75) is 131 Å². The van der Waals surface area contributed by atoms with Gasteiger partial charge in [0.05, 0.1) is 12.2 Å². The van der Waals surface area contributed by atoms with Gasteiger partial charge in [-0.3, -0.25) is 0 Å². The molecule has 5 saturated carbocycles. The van der Waals surface area contributed by atoms with Crippen LogP contribution in [0.3, 0.4) is 0 Å². The summed E-state index contributed by atoms with van der Waals surface area (Å²) >= 11 is 0. The first-order valence-electron chi connectivity index (χ1n) is 13.8. The van der Waals surface area contributed by atoms with Gasteiger partial charge < -0.3 is 4.74 Å². The van der Waals surface area contributed by atoms with E-state index in [1.54, 1.807) is 19.3 Å². The molecule has 0 aromatic carbocycles. The van der Waals surface area contributed by atoms with Crippen LogP contribution in [0.4, 0.5) is 0 Å². The average Bonchev–Trinajstić information content (AvgIpc) is 2.94. The Morgan fingerprint density at radius 3 is 2.17 bits per heavy atom. The van der Waals surface area contributed by atoms with Gasteiger partial charge in [-0.05, 0) is 121 Å². The molecular formula is C29H48O. The van der Waals surface area contributed by atoms with Crippen LogP contribution in [-0.4, -0.2) is 12.2 Å². The highest BCUT2D eigenvalue weighted by molar-refractivity contribution is 5.30. The fourth-order valence-corrected chi connectivity index (χ4v) is 11.5. The summed E-state index contributed by atoms with van der Waals surface area (Å²) in [6.07, 6.45) is 18.9. The Labute approximate surface area is 186 Å². The smallest absolute Gasteiger partial charge is 0.0613 e. The predicted octanol–water partition coefficient (Wildman–Crippen LogP) is 8.02. The lowest BCUT2D eigenvalue weighted by Crippen LogP contribution is -2.56. The van der Waals surface area contributed by atoms with Crippen molar-refractivity contribution in [2.75, 3.05) is 0 Å². The van der Waals surface area contributed by atoms with Crippen LogP contribution < -0.4 is 0 Å². The average molecular weight is 413 g/mol. The normalized spacial score (nSPS) is 58.7. The Bertz CT molecular complexity index is 724. The van der Waals surface area contributed by atoms with Gasteiger partial charge in [0.1, 0.15) is 0 Å². The van der Waals surface area contributed by atoms with Crippen molar-refractivity contribution in [3.05, 3.63) is 0 Å². The molecule has 0 bridgehead atoms. The van der Waals surface area contributed by atoms with Crippen LogP contribution in [0.15, 0.2) is 0 Å². The Hall–Kier alpha value is -0.0400. The van der Waals surface area contributed by atoms with Crippen molar-refractivity contribution < 1.29 is 4.74 Å². The standard InChI is InChI=1S/C29H48O/c1-19(2)21-8-9-22(30-21)20-12-15-27(6)24-11-10-23-25(3,4)13-7-14-28(23)18-29(24,28)17-16-26(20,27)5/h19-24H,7-18H2,1-6H3/t20-,21+,22?,23+,24?,26-,27+,28-,29?/m1/s1. The molecule has 1 nitrogen and oxygen atoms in total. The second-order valence-electron chi connectivity index (χ2n) is 14.5. The van der Waals surface area contributed by atoms with E-state index in [0.29, 0.717) is 34.4 Å². The van der Waals surface area contributed by atoms with E-state index in [1.807, 2.05) is 0 Å². The molecule has 9 atom stereocenters. The zero-order chi connectivity index (χ0) is 21.2. The van der Waals surface area contributed by atoms with Gasteiger partial charge in [0, 0.05) is 0 Å². The van der Waals surface area contributed by atoms with Gasteiger partial charge in [-0.1, -0.05) is 48.0 Å². The largest absolute Gasteiger partial charge is 0.374 e. The summed E-state index contributed by atoms with van der Waals surface area (Å²) in [4.78, 5) is 0. The molecule has 1 saturated heterocycles. The van der Waals surface area contributed by atoms with Crippen LogP contribution in [-0.2, 0) is 4.74 Å². The highest BCUT2D eigenvalue weighted by Gasteiger charge is 2.81. The molecule has 170 valence electrons. The SMILES string of the molecule is CC(C)[C@@H]1CCC([C@H]2CC[C@@]3(C)C4CC[C@H]5C(C)(C)CCC[C@@]56CC46CC[C@]23C)O1. The molecule has 0 amide bonds. The topological polar surface area (TPSA) is 9.23 Å². The molecule has 5 aliphatic carbocycles. The molecule has 6 fully saturated rings. The van der Waals surface area contributed by atoms with Crippen molar-refractivity contribution in [3.8, 4) is 0 Å². The van der Waals surface area contributed by atoms with Crippen LogP contribution in [0.2, 0.25) is 0 Å². The second kappa shape index (κ2) is 6.09. The van der Waals surface area contributed by atoms with Crippen molar-refractivity contribution in [3.63, 3.8) is 0 Å². The van der Waals surface area contributed by atoms with E-state index in [4.69, 9.17) is 4.74 Å². The fourth-order valence-electron chi connectivity index (χ4n) is 11.5. The van der Waals surface area contributed by atoms with Crippen molar-refractivity contribution in [1.82, 2.24) is 0 Å². The number of fused-ring (bicyclic) bond motifs is 2. The van der Waals surface area contributed by atoms with E-state index in [-0.39, 0.29) is 0 Å². The van der Waals surface area contributed by atoms with Crippen LogP contribution in [0.5, 0.6) is 0 Å². The summed E-state index contributed by atoms with van der Waals surface area (Å²) in [5, 5.41) is 0. The molecule has 30 heavy (non-hydrogen) atoms. The Kier molecular flexibility index (Phi) is 4.18. The first-order chi connectivity index (χ1) is 14.1. The third-order valence-electron chi connectivity index (χ3n) is 13.2. The predicted molar refractivity (Wildman–Crippen MR) is 124 cm³/mol. The van der Waals surface area contributed by atoms with E-state index in [1.165, 1.54) is 57.8 Å². The molecule has 1 heterocycles. The van der Waals surface area contributed by atoms with Crippen LogP contribution in [0.25, 0.3) is 0 Å². The van der Waals surface area contributed by atoms with E-state index in [0.717, 1.165) is 28.6 Å². The van der Waals surface area contributed by atoms with E-state index >= 15 is 0 Å². The van der Waals surface area contributed by atoms with Crippen molar-refractivity contribution >= 4 is 0 Å². The van der Waals surface area contributed by atoms with Gasteiger partial charge in [0.2, 0.25) is 0 Å². The highest BCUT2D eigenvalue weighted by atomic mass is 16.5. The van der Waals surface area contributed by atoms with E-state index < -0.39 is 0 Å². The lowest BCUT2D eigenvalue weighted by atomic mass is 9.42. The van der Waals surface area contributed by atoms with Gasteiger partial charge in [-0.25, -0.2) is 0 Å². The molecule has 0 N–H and O–H groups in total. The molecule has 3 unspecified atom stereocenters. The van der Waals surface area contributed by atoms with Crippen LogP contribution in [0, 0.1) is 50.7 Å². The van der Waals surface area contributed by atoms with Crippen LogP contribution >= 0.6 is 0 Å². The second-order valence-corrected chi connectivity index (χ2v) is 14.5. The van der Waals surface area contributed by atoms with Gasteiger partial charge >= 0.3 is 0 Å². The lowest BCUT2D eigenvalue weighted by molar-refractivity contribution is -0.152. The van der Waals surface area contributed by atoms with Crippen molar-refractivity contribution in [1.29, 1.82) is 0 Å². The third-order valence-corrected chi connectivity index (χ3v) is 13.2.